The smallest absolute Gasteiger partial charge is 0.122 e. The molecule has 2 N–H and O–H groups in total. The third kappa shape index (κ3) is 5.01. The lowest BCUT2D eigenvalue weighted by Gasteiger charge is -2.32. The second kappa shape index (κ2) is 7.28. The Bertz CT molecular complexity index is 443. The molecule has 0 aliphatic carbocycles. The molecule has 118 valence electrons. The van der Waals surface area contributed by atoms with Crippen molar-refractivity contribution < 1.29 is 9.84 Å². The van der Waals surface area contributed by atoms with Crippen molar-refractivity contribution in [3.8, 4) is 5.75 Å². The van der Waals surface area contributed by atoms with Crippen LogP contribution in [0.2, 0.25) is 0 Å². The standard InChI is InChI=1S/C18H29NO2/c1-14(2)13-19-10-9-18(3,20)12-15-8-11-21-17-7-5-4-6-16(15)17/h4-7,14-15,19-20H,8-13H2,1-3H3. The molecule has 2 unspecified atom stereocenters. The quantitative estimate of drug-likeness (QED) is 0.757. The molecule has 1 aromatic rings. The molecule has 0 saturated heterocycles. The first-order valence-corrected chi connectivity index (χ1v) is 8.13. The Morgan fingerprint density at radius 2 is 2.14 bits per heavy atom. The van der Waals surface area contributed by atoms with E-state index in [4.69, 9.17) is 4.74 Å². The largest absolute Gasteiger partial charge is 0.493 e. The van der Waals surface area contributed by atoms with E-state index in [1.165, 1.54) is 5.56 Å². The molecule has 0 aromatic heterocycles. The summed E-state index contributed by atoms with van der Waals surface area (Å²) in [5.41, 5.74) is 0.623. The van der Waals surface area contributed by atoms with Crippen molar-refractivity contribution in [1.82, 2.24) is 5.32 Å². The molecule has 0 radical (unpaired) electrons. The van der Waals surface area contributed by atoms with Gasteiger partial charge in [0.05, 0.1) is 12.2 Å². The Labute approximate surface area is 128 Å². The van der Waals surface area contributed by atoms with Gasteiger partial charge in [0.1, 0.15) is 5.75 Å². The minimum Gasteiger partial charge on any atom is -0.493 e. The highest BCUT2D eigenvalue weighted by Gasteiger charge is 2.29. The number of benzene rings is 1. The number of para-hydroxylation sites is 1. The van der Waals surface area contributed by atoms with Crippen LogP contribution in [0.4, 0.5) is 0 Å². The molecule has 0 saturated carbocycles. The molecule has 2 rings (SSSR count). The number of ether oxygens (including phenoxy) is 1. The minimum absolute atomic E-state index is 0.398. The van der Waals surface area contributed by atoms with E-state index >= 15 is 0 Å². The number of fused-ring (bicyclic) bond motifs is 1. The Balaban J connectivity index is 1.88. The van der Waals surface area contributed by atoms with E-state index in [0.717, 1.165) is 44.7 Å². The zero-order valence-electron chi connectivity index (χ0n) is 13.6. The average molecular weight is 291 g/mol. The molecule has 0 fully saturated rings. The fraction of sp³-hybridized carbons (Fsp3) is 0.667. The summed E-state index contributed by atoms with van der Waals surface area (Å²) in [5, 5.41) is 14.1. The van der Waals surface area contributed by atoms with Gasteiger partial charge in [-0.3, -0.25) is 0 Å². The topological polar surface area (TPSA) is 41.5 Å². The minimum atomic E-state index is -0.626. The maximum absolute atomic E-state index is 10.7. The van der Waals surface area contributed by atoms with Crippen LogP contribution in [-0.4, -0.2) is 30.4 Å². The van der Waals surface area contributed by atoms with Gasteiger partial charge in [0.15, 0.2) is 0 Å². The molecule has 3 nitrogen and oxygen atoms in total. The molecule has 0 amide bonds. The van der Waals surface area contributed by atoms with Crippen LogP contribution in [0.25, 0.3) is 0 Å². The number of nitrogens with one attached hydrogen (secondary N) is 1. The first-order chi connectivity index (χ1) is 9.98. The molecule has 21 heavy (non-hydrogen) atoms. The van der Waals surface area contributed by atoms with Gasteiger partial charge in [-0.05, 0) is 62.7 Å². The van der Waals surface area contributed by atoms with Crippen LogP contribution in [-0.2, 0) is 0 Å². The highest BCUT2D eigenvalue weighted by atomic mass is 16.5. The molecule has 3 heteroatoms. The summed E-state index contributed by atoms with van der Waals surface area (Å²) in [6.45, 7) is 8.99. The Morgan fingerprint density at radius 1 is 1.38 bits per heavy atom. The SMILES string of the molecule is CC(C)CNCCC(C)(O)CC1CCOc2ccccc21. The summed E-state index contributed by atoms with van der Waals surface area (Å²) in [6.07, 6.45) is 2.59. The van der Waals surface area contributed by atoms with Gasteiger partial charge in [-0.1, -0.05) is 32.0 Å². The first kappa shape index (κ1) is 16.3. The van der Waals surface area contributed by atoms with Crippen molar-refractivity contribution in [2.45, 2.75) is 51.6 Å². The molecule has 1 aliphatic heterocycles. The van der Waals surface area contributed by atoms with Crippen LogP contribution >= 0.6 is 0 Å². The van der Waals surface area contributed by atoms with Crippen LogP contribution in [0.5, 0.6) is 5.75 Å². The van der Waals surface area contributed by atoms with E-state index in [1.807, 2.05) is 19.1 Å². The molecule has 1 heterocycles. The van der Waals surface area contributed by atoms with E-state index in [-0.39, 0.29) is 0 Å². The maximum atomic E-state index is 10.7. The highest BCUT2D eigenvalue weighted by Crippen LogP contribution is 2.38. The van der Waals surface area contributed by atoms with E-state index in [0.29, 0.717) is 11.8 Å². The Hall–Kier alpha value is -1.06. The van der Waals surface area contributed by atoms with Crippen molar-refractivity contribution >= 4 is 0 Å². The molecular weight excluding hydrogens is 262 g/mol. The molecular formula is C18H29NO2. The molecule has 2 atom stereocenters. The van der Waals surface area contributed by atoms with Crippen LogP contribution in [0.15, 0.2) is 24.3 Å². The van der Waals surface area contributed by atoms with E-state index in [9.17, 15) is 5.11 Å². The average Bonchev–Trinajstić information content (AvgIpc) is 2.44. The first-order valence-electron chi connectivity index (χ1n) is 8.13. The molecule has 0 bridgehead atoms. The number of hydrogen-bond donors (Lipinski definition) is 2. The lowest BCUT2D eigenvalue weighted by Crippen LogP contribution is -2.33. The van der Waals surface area contributed by atoms with E-state index in [2.05, 4.69) is 31.3 Å². The van der Waals surface area contributed by atoms with E-state index in [1.54, 1.807) is 0 Å². The van der Waals surface area contributed by atoms with Gasteiger partial charge in [-0.25, -0.2) is 0 Å². The van der Waals surface area contributed by atoms with Crippen LogP contribution in [0.1, 0.15) is 51.5 Å². The predicted molar refractivity (Wildman–Crippen MR) is 86.9 cm³/mol. The number of aliphatic hydroxyl groups is 1. The van der Waals surface area contributed by atoms with Gasteiger partial charge in [-0.2, -0.15) is 0 Å². The number of rotatable bonds is 7. The van der Waals surface area contributed by atoms with Crippen molar-refractivity contribution in [3.63, 3.8) is 0 Å². The normalized spacial score (nSPS) is 20.7. The number of hydrogen-bond acceptors (Lipinski definition) is 3. The molecule has 1 aliphatic rings. The van der Waals surface area contributed by atoms with Gasteiger partial charge >= 0.3 is 0 Å². The fourth-order valence-electron chi connectivity index (χ4n) is 3.01. The third-order valence-electron chi connectivity index (χ3n) is 4.16. The molecule has 1 aromatic carbocycles. The lowest BCUT2D eigenvalue weighted by atomic mass is 9.82. The monoisotopic (exact) mass is 291 g/mol. The second-order valence-corrected chi connectivity index (χ2v) is 6.92. The summed E-state index contributed by atoms with van der Waals surface area (Å²) in [7, 11) is 0. The van der Waals surface area contributed by atoms with Crippen molar-refractivity contribution in [2.75, 3.05) is 19.7 Å². The van der Waals surface area contributed by atoms with Crippen molar-refractivity contribution in [1.29, 1.82) is 0 Å². The van der Waals surface area contributed by atoms with E-state index < -0.39 is 5.60 Å². The zero-order chi connectivity index (χ0) is 15.3. The van der Waals surface area contributed by atoms with Gasteiger partial charge in [0, 0.05) is 0 Å². The predicted octanol–water partition coefficient (Wildman–Crippen LogP) is 3.33. The second-order valence-electron chi connectivity index (χ2n) is 6.92. The summed E-state index contributed by atoms with van der Waals surface area (Å²) < 4.78 is 5.70. The van der Waals surface area contributed by atoms with Gasteiger partial charge in [-0.15, -0.1) is 0 Å². The lowest BCUT2D eigenvalue weighted by molar-refractivity contribution is 0.0306. The Morgan fingerprint density at radius 3 is 2.90 bits per heavy atom. The summed E-state index contributed by atoms with van der Waals surface area (Å²) in [5.74, 6) is 2.04. The summed E-state index contributed by atoms with van der Waals surface area (Å²) >= 11 is 0. The maximum Gasteiger partial charge on any atom is 0.122 e. The van der Waals surface area contributed by atoms with Gasteiger partial charge < -0.3 is 15.2 Å². The summed E-state index contributed by atoms with van der Waals surface area (Å²) in [4.78, 5) is 0. The zero-order valence-corrected chi connectivity index (χ0v) is 13.6. The summed E-state index contributed by atoms with van der Waals surface area (Å²) in [6, 6.07) is 8.22. The van der Waals surface area contributed by atoms with Crippen molar-refractivity contribution in [3.05, 3.63) is 29.8 Å². The van der Waals surface area contributed by atoms with Crippen LogP contribution in [0, 0.1) is 5.92 Å². The highest BCUT2D eigenvalue weighted by molar-refractivity contribution is 5.37. The molecule has 0 spiro atoms. The van der Waals surface area contributed by atoms with Gasteiger partial charge in [0.2, 0.25) is 0 Å². The Kier molecular flexibility index (Phi) is 5.65. The van der Waals surface area contributed by atoms with Crippen LogP contribution in [0.3, 0.4) is 0 Å². The fourth-order valence-corrected chi connectivity index (χ4v) is 3.01. The van der Waals surface area contributed by atoms with Crippen LogP contribution < -0.4 is 10.1 Å². The van der Waals surface area contributed by atoms with Crippen molar-refractivity contribution in [2.24, 2.45) is 5.92 Å². The third-order valence-corrected chi connectivity index (χ3v) is 4.16. The van der Waals surface area contributed by atoms with Gasteiger partial charge in [0.25, 0.3) is 0 Å².